The van der Waals surface area contributed by atoms with Crippen molar-refractivity contribution in [3.8, 4) is 0 Å². The van der Waals surface area contributed by atoms with Crippen LogP contribution in [0.5, 0.6) is 0 Å². The molecule has 0 unspecified atom stereocenters. The molecule has 0 fully saturated rings. The molecule has 3 aromatic rings. The predicted octanol–water partition coefficient (Wildman–Crippen LogP) is 8.11. The predicted molar refractivity (Wildman–Crippen MR) is 125 cm³/mol. The molecule has 5 rings (SSSR count). The van der Waals surface area contributed by atoms with E-state index in [1.165, 1.54) is 21.7 Å². The maximum Gasteiger partial charge on any atom is 0.0568 e. The van der Waals surface area contributed by atoms with Crippen molar-refractivity contribution in [2.24, 2.45) is 5.92 Å². The third-order valence-electron chi connectivity index (χ3n) is 5.87. The Hall–Kier alpha value is -1.87. The van der Waals surface area contributed by atoms with Crippen molar-refractivity contribution in [1.29, 1.82) is 0 Å². The Bertz CT molecular complexity index is 1060. The summed E-state index contributed by atoms with van der Waals surface area (Å²) in [5.41, 5.74) is 5.10. The number of anilines is 1. The molecule has 0 amide bonds. The van der Waals surface area contributed by atoms with Gasteiger partial charge in [-0.25, -0.2) is 0 Å². The molecule has 1 heterocycles. The van der Waals surface area contributed by atoms with Gasteiger partial charge in [0, 0.05) is 32.3 Å². The van der Waals surface area contributed by atoms with Gasteiger partial charge in [0.05, 0.1) is 6.04 Å². The molecule has 3 aromatic carbocycles. The zero-order chi connectivity index (χ0) is 19.8. The number of hydrogen-bond donors (Lipinski definition) is 1. The van der Waals surface area contributed by atoms with Gasteiger partial charge in [-0.1, -0.05) is 71.8 Å². The van der Waals surface area contributed by atoms with Gasteiger partial charge >= 0.3 is 0 Å². The van der Waals surface area contributed by atoms with E-state index in [1.807, 2.05) is 23.9 Å². The van der Waals surface area contributed by atoms with E-state index in [1.54, 1.807) is 0 Å². The van der Waals surface area contributed by atoms with Gasteiger partial charge in [-0.3, -0.25) is 0 Å². The summed E-state index contributed by atoms with van der Waals surface area (Å²) >= 11 is 14.6. The van der Waals surface area contributed by atoms with Gasteiger partial charge in [0.15, 0.2) is 0 Å². The largest absolute Gasteiger partial charge is 0.378 e. The average molecular weight is 438 g/mol. The first-order valence-corrected chi connectivity index (χ1v) is 11.6. The Morgan fingerprint density at radius 1 is 0.931 bits per heavy atom. The zero-order valence-electron chi connectivity index (χ0n) is 15.8. The molecule has 1 aliphatic carbocycles. The highest BCUT2D eigenvalue weighted by Gasteiger charge is 2.38. The van der Waals surface area contributed by atoms with Gasteiger partial charge in [0.2, 0.25) is 0 Å². The van der Waals surface area contributed by atoms with E-state index >= 15 is 0 Å². The van der Waals surface area contributed by atoms with Gasteiger partial charge in [0.1, 0.15) is 0 Å². The fraction of sp³-hybridized carbons (Fsp3) is 0.200. The maximum atomic E-state index is 6.56. The van der Waals surface area contributed by atoms with Crippen LogP contribution < -0.4 is 5.32 Å². The van der Waals surface area contributed by atoms with Crippen LogP contribution in [0, 0.1) is 5.92 Å². The fourth-order valence-corrected chi connectivity index (χ4v) is 5.87. The van der Waals surface area contributed by atoms with Crippen LogP contribution in [0.1, 0.15) is 35.1 Å². The van der Waals surface area contributed by atoms with E-state index < -0.39 is 0 Å². The number of nitrogens with one attached hydrogen (secondary N) is 1. The summed E-state index contributed by atoms with van der Waals surface area (Å²) in [4.78, 5) is 1.31. The van der Waals surface area contributed by atoms with Crippen molar-refractivity contribution in [3.05, 3.63) is 106 Å². The molecule has 3 atom stereocenters. The van der Waals surface area contributed by atoms with E-state index in [-0.39, 0.29) is 6.04 Å². The van der Waals surface area contributed by atoms with Crippen molar-refractivity contribution >= 4 is 40.7 Å². The quantitative estimate of drug-likeness (QED) is 0.326. The first-order valence-electron chi connectivity index (χ1n) is 9.88. The Labute approximate surface area is 186 Å². The molecule has 29 heavy (non-hydrogen) atoms. The Morgan fingerprint density at radius 2 is 1.79 bits per heavy atom. The molecule has 0 bridgehead atoms. The summed E-state index contributed by atoms with van der Waals surface area (Å²) in [5.74, 6) is 1.87. The molecule has 2 aliphatic rings. The summed E-state index contributed by atoms with van der Waals surface area (Å²) < 4.78 is 0. The van der Waals surface area contributed by atoms with E-state index in [2.05, 4.69) is 72.1 Å². The normalized spacial score (nSPS) is 22.1. The summed E-state index contributed by atoms with van der Waals surface area (Å²) in [5, 5.41) is 5.19. The number of allylic oxidation sites excluding steroid dienone is 2. The van der Waals surface area contributed by atoms with Crippen LogP contribution in [0.3, 0.4) is 0 Å². The van der Waals surface area contributed by atoms with Crippen LogP contribution in [-0.2, 0) is 5.75 Å². The minimum Gasteiger partial charge on any atom is -0.378 e. The second kappa shape index (κ2) is 8.10. The molecule has 0 radical (unpaired) electrons. The average Bonchev–Trinajstić information content (AvgIpc) is 3.23. The fourth-order valence-electron chi connectivity index (χ4n) is 4.48. The minimum absolute atomic E-state index is 0.191. The molecule has 0 spiro atoms. The van der Waals surface area contributed by atoms with Crippen molar-refractivity contribution in [2.45, 2.75) is 29.0 Å². The van der Waals surface area contributed by atoms with E-state index in [9.17, 15) is 0 Å². The van der Waals surface area contributed by atoms with Gasteiger partial charge in [-0.2, -0.15) is 0 Å². The van der Waals surface area contributed by atoms with E-state index in [4.69, 9.17) is 23.2 Å². The first-order chi connectivity index (χ1) is 14.2. The topological polar surface area (TPSA) is 12.0 Å². The van der Waals surface area contributed by atoms with Crippen LogP contribution in [0.25, 0.3) is 0 Å². The summed E-state index contributed by atoms with van der Waals surface area (Å²) in [7, 11) is 0. The maximum absolute atomic E-state index is 6.56. The molecule has 146 valence electrons. The molecule has 0 saturated heterocycles. The first kappa shape index (κ1) is 19.1. The Kier molecular flexibility index (Phi) is 5.34. The minimum atomic E-state index is 0.191. The second-order valence-corrected chi connectivity index (χ2v) is 9.56. The molecule has 1 nitrogen and oxygen atoms in total. The van der Waals surface area contributed by atoms with Gasteiger partial charge in [-0.15, -0.1) is 11.8 Å². The molecule has 4 heteroatoms. The number of benzene rings is 3. The van der Waals surface area contributed by atoms with Crippen molar-refractivity contribution < 1.29 is 0 Å². The zero-order valence-corrected chi connectivity index (χ0v) is 18.1. The molecular formula is C25H21Cl2NS. The number of hydrogen-bond acceptors (Lipinski definition) is 2. The number of rotatable bonds is 4. The van der Waals surface area contributed by atoms with Crippen molar-refractivity contribution in [2.75, 3.05) is 5.32 Å². The Balaban J connectivity index is 1.43. The number of fused-ring (bicyclic) bond motifs is 3. The lowest BCUT2D eigenvalue weighted by molar-refractivity contribution is 0.425. The summed E-state index contributed by atoms with van der Waals surface area (Å²) in [6.07, 6.45) is 5.74. The van der Waals surface area contributed by atoms with Crippen LogP contribution in [-0.4, -0.2) is 0 Å². The molecule has 0 saturated carbocycles. The van der Waals surface area contributed by atoms with Crippen LogP contribution >= 0.6 is 35.0 Å². The van der Waals surface area contributed by atoms with Crippen molar-refractivity contribution in [3.63, 3.8) is 0 Å². The highest BCUT2D eigenvalue weighted by molar-refractivity contribution is 7.98. The third kappa shape index (κ3) is 3.82. The van der Waals surface area contributed by atoms with Gasteiger partial charge < -0.3 is 5.32 Å². The van der Waals surface area contributed by atoms with E-state index in [0.717, 1.165) is 22.8 Å². The summed E-state index contributed by atoms with van der Waals surface area (Å²) in [6, 6.07) is 23.5. The molecular weight excluding hydrogens is 417 g/mol. The highest BCUT2D eigenvalue weighted by Crippen LogP contribution is 2.51. The number of halogens is 2. The highest BCUT2D eigenvalue weighted by atomic mass is 35.5. The lowest BCUT2D eigenvalue weighted by Gasteiger charge is -2.38. The standard InChI is InChI=1S/C25H21Cl2NS/c26-17-10-11-21(23(27)14-17)25-20-8-4-7-19(20)22-13-16(9-12-24(22)28-25)15-29-18-5-2-1-3-6-18/h1-7,9-14,19-20,25,28H,8,15H2/t19-,20+,25+/m0/s1. The Morgan fingerprint density at radius 3 is 2.62 bits per heavy atom. The van der Waals surface area contributed by atoms with E-state index in [0.29, 0.717) is 16.9 Å². The van der Waals surface area contributed by atoms with Gasteiger partial charge in [-0.05, 0) is 59.4 Å². The second-order valence-electron chi connectivity index (χ2n) is 7.66. The molecule has 1 aliphatic heterocycles. The summed E-state index contributed by atoms with van der Waals surface area (Å²) in [6.45, 7) is 0. The lowest BCUT2D eigenvalue weighted by Crippen LogP contribution is -2.29. The van der Waals surface area contributed by atoms with Crippen LogP contribution in [0.4, 0.5) is 5.69 Å². The van der Waals surface area contributed by atoms with Gasteiger partial charge in [0.25, 0.3) is 0 Å². The number of thioether (sulfide) groups is 1. The third-order valence-corrected chi connectivity index (χ3v) is 7.52. The van der Waals surface area contributed by atoms with Crippen molar-refractivity contribution in [1.82, 2.24) is 0 Å². The molecule has 0 aromatic heterocycles. The van der Waals surface area contributed by atoms with Crippen LogP contribution in [0.15, 0.2) is 83.8 Å². The lowest BCUT2D eigenvalue weighted by atomic mass is 9.76. The monoisotopic (exact) mass is 437 g/mol. The molecule has 1 N–H and O–H groups in total. The van der Waals surface area contributed by atoms with Crippen LogP contribution in [0.2, 0.25) is 10.0 Å². The SMILES string of the molecule is Clc1ccc([C@@H]2Nc3ccc(CSc4ccccc4)cc3[C@H]3C=CC[C@H]32)c(Cl)c1. The smallest absolute Gasteiger partial charge is 0.0568 e.